The maximum atomic E-state index is 13.3. The summed E-state index contributed by atoms with van der Waals surface area (Å²) in [5.41, 5.74) is 2.41. The standard InChI is InChI=1S/C22H26N2O3/c1-15-11-12-19(27-4)17(14-15)23-20(25)22(2,3)21(26)24-13-7-9-16-8-5-6-10-18(16)24/h5-6,8,10-12,14H,7,9,13H2,1-4H3,(H,23,25). The average molecular weight is 366 g/mol. The molecule has 0 spiro atoms. The molecule has 2 amide bonds. The second-order valence-electron chi connectivity index (χ2n) is 7.47. The Labute approximate surface area is 160 Å². The van der Waals surface area contributed by atoms with Gasteiger partial charge in [0, 0.05) is 12.2 Å². The number of hydrogen-bond acceptors (Lipinski definition) is 3. The van der Waals surface area contributed by atoms with E-state index in [-0.39, 0.29) is 11.8 Å². The Morgan fingerprint density at radius 3 is 2.63 bits per heavy atom. The summed E-state index contributed by atoms with van der Waals surface area (Å²) in [7, 11) is 1.56. The number of nitrogens with zero attached hydrogens (tertiary/aromatic N) is 1. The van der Waals surface area contributed by atoms with Gasteiger partial charge in [0.1, 0.15) is 11.2 Å². The van der Waals surface area contributed by atoms with Crippen molar-refractivity contribution >= 4 is 23.2 Å². The molecule has 0 saturated heterocycles. The number of anilines is 2. The van der Waals surface area contributed by atoms with Crippen LogP contribution in [0.3, 0.4) is 0 Å². The summed E-state index contributed by atoms with van der Waals surface area (Å²) < 4.78 is 5.33. The fraction of sp³-hybridized carbons (Fsp3) is 0.364. The molecule has 0 atom stereocenters. The van der Waals surface area contributed by atoms with Gasteiger partial charge < -0.3 is 15.0 Å². The Bertz CT molecular complexity index is 874. The Balaban J connectivity index is 1.85. The van der Waals surface area contributed by atoms with Gasteiger partial charge in [0.2, 0.25) is 11.8 Å². The molecule has 0 radical (unpaired) electrons. The van der Waals surface area contributed by atoms with E-state index in [4.69, 9.17) is 4.74 Å². The molecule has 2 aromatic carbocycles. The smallest absolute Gasteiger partial charge is 0.242 e. The van der Waals surface area contributed by atoms with Crippen LogP contribution in [0.15, 0.2) is 42.5 Å². The summed E-state index contributed by atoms with van der Waals surface area (Å²) in [5.74, 6) is 0.0266. The van der Waals surface area contributed by atoms with Crippen LogP contribution < -0.4 is 15.0 Å². The van der Waals surface area contributed by atoms with Crippen LogP contribution >= 0.6 is 0 Å². The highest BCUT2D eigenvalue weighted by atomic mass is 16.5. The summed E-state index contributed by atoms with van der Waals surface area (Å²) >= 11 is 0. The second kappa shape index (κ2) is 7.43. The zero-order valence-corrected chi connectivity index (χ0v) is 16.3. The first-order chi connectivity index (χ1) is 12.8. The van der Waals surface area contributed by atoms with Crippen molar-refractivity contribution in [1.29, 1.82) is 0 Å². The Morgan fingerprint density at radius 2 is 1.89 bits per heavy atom. The Kier molecular flexibility index (Phi) is 5.22. The first-order valence-corrected chi connectivity index (χ1v) is 9.20. The Morgan fingerprint density at radius 1 is 1.15 bits per heavy atom. The highest BCUT2D eigenvalue weighted by Crippen LogP contribution is 2.33. The Hall–Kier alpha value is -2.82. The highest BCUT2D eigenvalue weighted by Gasteiger charge is 2.41. The van der Waals surface area contributed by atoms with Crippen LogP contribution in [0.1, 0.15) is 31.4 Å². The van der Waals surface area contributed by atoms with Crippen LogP contribution in [-0.4, -0.2) is 25.5 Å². The van der Waals surface area contributed by atoms with Crippen molar-refractivity contribution in [2.45, 2.75) is 33.6 Å². The highest BCUT2D eigenvalue weighted by molar-refractivity contribution is 6.15. The van der Waals surface area contributed by atoms with Gasteiger partial charge in [-0.05, 0) is 62.9 Å². The minimum atomic E-state index is -1.21. The molecular formula is C22H26N2O3. The average Bonchev–Trinajstić information content (AvgIpc) is 2.67. The van der Waals surface area contributed by atoms with Crippen LogP contribution in [0.25, 0.3) is 0 Å². The van der Waals surface area contributed by atoms with Crippen LogP contribution in [0.2, 0.25) is 0 Å². The minimum Gasteiger partial charge on any atom is -0.495 e. The molecule has 27 heavy (non-hydrogen) atoms. The zero-order chi connectivity index (χ0) is 19.6. The molecule has 0 fully saturated rings. The van der Waals surface area contributed by atoms with E-state index in [1.807, 2.05) is 43.3 Å². The predicted octanol–water partition coefficient (Wildman–Crippen LogP) is 3.95. The number of nitrogens with one attached hydrogen (secondary N) is 1. The first-order valence-electron chi connectivity index (χ1n) is 9.20. The van der Waals surface area contributed by atoms with Crippen molar-refractivity contribution in [3.8, 4) is 5.75 Å². The van der Waals surface area contributed by atoms with E-state index in [0.29, 0.717) is 18.0 Å². The number of amides is 2. The molecule has 142 valence electrons. The number of fused-ring (bicyclic) bond motifs is 1. The van der Waals surface area contributed by atoms with E-state index in [1.54, 1.807) is 31.9 Å². The SMILES string of the molecule is COc1ccc(C)cc1NC(=O)C(C)(C)C(=O)N1CCCc2ccccc21. The lowest BCUT2D eigenvalue weighted by atomic mass is 9.88. The van der Waals surface area contributed by atoms with Crippen LogP contribution in [0, 0.1) is 12.3 Å². The lowest BCUT2D eigenvalue weighted by Crippen LogP contribution is -2.49. The summed E-state index contributed by atoms with van der Waals surface area (Å²) in [6.07, 6.45) is 1.85. The molecule has 0 aromatic heterocycles. The molecule has 5 nitrogen and oxygen atoms in total. The molecule has 0 aliphatic carbocycles. The van der Waals surface area contributed by atoms with E-state index in [2.05, 4.69) is 5.32 Å². The predicted molar refractivity (Wildman–Crippen MR) is 107 cm³/mol. The number of ether oxygens (including phenoxy) is 1. The van der Waals surface area contributed by atoms with Gasteiger partial charge in [-0.25, -0.2) is 0 Å². The van der Waals surface area contributed by atoms with Crippen molar-refractivity contribution in [3.63, 3.8) is 0 Å². The summed E-state index contributed by atoms with van der Waals surface area (Å²) in [6.45, 7) is 5.91. The third kappa shape index (κ3) is 3.68. The van der Waals surface area contributed by atoms with E-state index in [1.165, 1.54) is 0 Å². The topological polar surface area (TPSA) is 58.6 Å². The molecule has 2 aromatic rings. The van der Waals surface area contributed by atoms with Crippen molar-refractivity contribution in [2.75, 3.05) is 23.9 Å². The van der Waals surface area contributed by atoms with Crippen molar-refractivity contribution in [3.05, 3.63) is 53.6 Å². The molecule has 5 heteroatoms. The van der Waals surface area contributed by atoms with Crippen molar-refractivity contribution in [2.24, 2.45) is 5.41 Å². The van der Waals surface area contributed by atoms with Gasteiger partial charge in [0.15, 0.2) is 0 Å². The molecule has 0 bridgehead atoms. The van der Waals surface area contributed by atoms with Crippen molar-refractivity contribution < 1.29 is 14.3 Å². The molecule has 3 rings (SSSR count). The number of carbonyl (C=O) groups is 2. The third-order valence-corrected chi connectivity index (χ3v) is 5.06. The van der Waals surface area contributed by atoms with Gasteiger partial charge in [-0.1, -0.05) is 24.3 Å². The third-order valence-electron chi connectivity index (χ3n) is 5.06. The monoisotopic (exact) mass is 366 g/mol. The van der Waals surface area contributed by atoms with E-state index in [9.17, 15) is 9.59 Å². The van der Waals surface area contributed by atoms with Gasteiger partial charge in [0.25, 0.3) is 0 Å². The quantitative estimate of drug-likeness (QED) is 0.834. The largest absolute Gasteiger partial charge is 0.495 e. The van der Waals surface area contributed by atoms with Gasteiger partial charge in [-0.2, -0.15) is 0 Å². The second-order valence-corrected chi connectivity index (χ2v) is 7.47. The number of carbonyl (C=O) groups excluding carboxylic acids is 2. The molecule has 1 aliphatic rings. The number of benzene rings is 2. The molecule has 0 saturated carbocycles. The molecular weight excluding hydrogens is 340 g/mol. The van der Waals surface area contributed by atoms with Crippen LogP contribution in [0.4, 0.5) is 11.4 Å². The summed E-state index contributed by atoms with van der Waals surface area (Å²) in [4.78, 5) is 28.0. The van der Waals surface area contributed by atoms with Gasteiger partial charge >= 0.3 is 0 Å². The molecule has 1 aliphatic heterocycles. The maximum absolute atomic E-state index is 13.3. The van der Waals surface area contributed by atoms with E-state index in [0.717, 1.165) is 29.7 Å². The normalized spacial score (nSPS) is 13.7. The lowest BCUT2D eigenvalue weighted by Gasteiger charge is -2.35. The molecule has 0 unspecified atom stereocenters. The maximum Gasteiger partial charge on any atom is 0.242 e. The molecule has 1 heterocycles. The molecule has 1 N–H and O–H groups in total. The van der Waals surface area contributed by atoms with E-state index < -0.39 is 5.41 Å². The van der Waals surface area contributed by atoms with Gasteiger partial charge in [-0.3, -0.25) is 9.59 Å². The van der Waals surface area contributed by atoms with Gasteiger partial charge in [-0.15, -0.1) is 0 Å². The first kappa shape index (κ1) is 19.0. The number of rotatable bonds is 4. The number of hydrogen-bond donors (Lipinski definition) is 1. The minimum absolute atomic E-state index is 0.196. The summed E-state index contributed by atoms with van der Waals surface area (Å²) in [6, 6.07) is 13.5. The lowest BCUT2D eigenvalue weighted by molar-refractivity contribution is -0.136. The van der Waals surface area contributed by atoms with Crippen LogP contribution in [0.5, 0.6) is 5.75 Å². The number of para-hydroxylation sites is 1. The van der Waals surface area contributed by atoms with Crippen LogP contribution in [-0.2, 0) is 16.0 Å². The fourth-order valence-corrected chi connectivity index (χ4v) is 3.38. The van der Waals surface area contributed by atoms with Gasteiger partial charge in [0.05, 0.1) is 12.8 Å². The zero-order valence-electron chi connectivity index (χ0n) is 16.3. The number of methoxy groups -OCH3 is 1. The summed E-state index contributed by atoms with van der Waals surface area (Å²) in [5, 5.41) is 2.88. The van der Waals surface area contributed by atoms with Crippen molar-refractivity contribution in [1.82, 2.24) is 0 Å². The fourth-order valence-electron chi connectivity index (χ4n) is 3.38. The van der Waals surface area contributed by atoms with E-state index >= 15 is 0 Å². The number of aryl methyl sites for hydroxylation is 2.